The van der Waals surface area contributed by atoms with Gasteiger partial charge in [-0.2, -0.15) is 5.10 Å². The van der Waals surface area contributed by atoms with Crippen LogP contribution in [0, 0.1) is 11.6 Å². The molecule has 1 aromatic carbocycles. The van der Waals surface area contributed by atoms with E-state index in [4.69, 9.17) is 5.73 Å². The Balaban J connectivity index is 2.06. The first-order valence-electron chi connectivity index (χ1n) is 6.00. The van der Waals surface area contributed by atoms with E-state index >= 15 is 0 Å². The zero-order chi connectivity index (χ0) is 14.7. The number of anilines is 1. The van der Waals surface area contributed by atoms with Gasteiger partial charge in [0.1, 0.15) is 11.6 Å². The van der Waals surface area contributed by atoms with E-state index in [2.05, 4.69) is 10.4 Å². The highest BCUT2D eigenvalue weighted by atomic mass is 19.1. The SMILES string of the molecule is CC(Cn1cccn1)NC(=O)c1cc(N)c(F)cc1F. The summed E-state index contributed by atoms with van der Waals surface area (Å²) in [7, 11) is 0. The van der Waals surface area contributed by atoms with Crippen molar-refractivity contribution in [1.82, 2.24) is 15.1 Å². The van der Waals surface area contributed by atoms with Crippen molar-refractivity contribution in [3.05, 3.63) is 47.8 Å². The molecule has 20 heavy (non-hydrogen) atoms. The lowest BCUT2D eigenvalue weighted by atomic mass is 10.1. The first kappa shape index (κ1) is 14.0. The molecule has 0 saturated heterocycles. The average Bonchev–Trinajstić information content (AvgIpc) is 2.86. The van der Waals surface area contributed by atoms with E-state index < -0.39 is 17.5 Å². The van der Waals surface area contributed by atoms with Crippen molar-refractivity contribution >= 4 is 11.6 Å². The summed E-state index contributed by atoms with van der Waals surface area (Å²) < 4.78 is 28.2. The number of nitrogens with two attached hydrogens (primary N) is 1. The van der Waals surface area contributed by atoms with Crippen LogP contribution in [0.1, 0.15) is 17.3 Å². The molecule has 3 N–H and O–H groups in total. The van der Waals surface area contributed by atoms with Crippen molar-refractivity contribution in [2.45, 2.75) is 19.5 Å². The lowest BCUT2D eigenvalue weighted by Crippen LogP contribution is -2.36. The highest BCUT2D eigenvalue weighted by molar-refractivity contribution is 5.95. The molecule has 0 fully saturated rings. The van der Waals surface area contributed by atoms with Crippen LogP contribution < -0.4 is 11.1 Å². The minimum atomic E-state index is -0.944. The van der Waals surface area contributed by atoms with Gasteiger partial charge in [-0.1, -0.05) is 0 Å². The van der Waals surface area contributed by atoms with Crippen LogP contribution in [0.2, 0.25) is 0 Å². The maximum Gasteiger partial charge on any atom is 0.254 e. The topological polar surface area (TPSA) is 72.9 Å². The van der Waals surface area contributed by atoms with Gasteiger partial charge in [-0.25, -0.2) is 8.78 Å². The molecule has 1 amide bonds. The molecule has 0 spiro atoms. The van der Waals surface area contributed by atoms with Crippen molar-refractivity contribution < 1.29 is 13.6 Å². The fraction of sp³-hybridized carbons (Fsp3) is 0.231. The quantitative estimate of drug-likeness (QED) is 0.835. The van der Waals surface area contributed by atoms with Gasteiger partial charge in [0.05, 0.1) is 17.8 Å². The maximum atomic E-state index is 13.5. The summed E-state index contributed by atoms with van der Waals surface area (Å²) in [6.07, 6.45) is 3.37. The Morgan fingerprint density at radius 2 is 2.20 bits per heavy atom. The number of nitrogens with one attached hydrogen (secondary N) is 1. The molecule has 1 aromatic heterocycles. The molecule has 106 valence electrons. The number of rotatable bonds is 4. The summed E-state index contributed by atoms with van der Waals surface area (Å²) in [6, 6.07) is 3.07. The molecule has 0 radical (unpaired) electrons. The minimum absolute atomic E-state index is 0.267. The molecule has 1 atom stereocenters. The molecule has 5 nitrogen and oxygen atoms in total. The molecule has 7 heteroatoms. The Kier molecular flexibility index (Phi) is 3.97. The Morgan fingerprint density at radius 1 is 1.45 bits per heavy atom. The lowest BCUT2D eigenvalue weighted by molar-refractivity contribution is 0.0932. The van der Waals surface area contributed by atoms with Crippen molar-refractivity contribution in [2.75, 3.05) is 5.73 Å². The smallest absolute Gasteiger partial charge is 0.254 e. The molecule has 0 aliphatic rings. The average molecular weight is 280 g/mol. The fourth-order valence-electron chi connectivity index (χ4n) is 1.78. The van der Waals surface area contributed by atoms with Crippen molar-refractivity contribution in [3.63, 3.8) is 0 Å². The number of carbonyl (C=O) groups is 1. The maximum absolute atomic E-state index is 13.5. The minimum Gasteiger partial charge on any atom is -0.396 e. The Morgan fingerprint density at radius 3 is 2.85 bits per heavy atom. The standard InChI is InChI=1S/C13H14F2N4O/c1-8(7-19-4-2-3-17-19)18-13(20)9-5-12(16)11(15)6-10(9)14/h2-6,8H,7,16H2,1H3,(H,18,20). The largest absolute Gasteiger partial charge is 0.396 e. The number of hydrogen-bond acceptors (Lipinski definition) is 3. The Hall–Kier alpha value is -2.44. The van der Waals surface area contributed by atoms with E-state index in [9.17, 15) is 13.6 Å². The van der Waals surface area contributed by atoms with Crippen LogP contribution in [0.5, 0.6) is 0 Å². The molecular formula is C13H14F2N4O. The normalized spacial score (nSPS) is 12.2. The van der Waals surface area contributed by atoms with Gasteiger partial charge < -0.3 is 11.1 Å². The summed E-state index contributed by atoms with van der Waals surface area (Å²) in [5, 5.41) is 6.61. The number of halogens is 2. The molecule has 1 unspecified atom stereocenters. The first-order chi connectivity index (χ1) is 9.47. The van der Waals surface area contributed by atoms with Crippen LogP contribution >= 0.6 is 0 Å². The summed E-state index contributed by atoms with van der Waals surface area (Å²) in [4.78, 5) is 11.9. The van der Waals surface area contributed by atoms with E-state index in [1.807, 2.05) is 0 Å². The second-order valence-corrected chi connectivity index (χ2v) is 4.46. The number of amides is 1. The summed E-state index contributed by atoms with van der Waals surface area (Å²) in [5.74, 6) is -2.47. The zero-order valence-electron chi connectivity index (χ0n) is 10.8. The van der Waals surface area contributed by atoms with Crippen molar-refractivity contribution in [1.29, 1.82) is 0 Å². The van der Waals surface area contributed by atoms with Crippen LogP contribution in [0.25, 0.3) is 0 Å². The van der Waals surface area contributed by atoms with Gasteiger partial charge in [0, 0.05) is 24.5 Å². The molecule has 0 bridgehead atoms. The molecule has 1 heterocycles. The van der Waals surface area contributed by atoms with Gasteiger partial charge in [0.2, 0.25) is 0 Å². The van der Waals surface area contributed by atoms with Gasteiger partial charge in [-0.05, 0) is 19.1 Å². The number of carbonyl (C=O) groups excluding carboxylic acids is 1. The third kappa shape index (κ3) is 3.11. The third-order valence-electron chi connectivity index (χ3n) is 2.73. The summed E-state index contributed by atoms with van der Waals surface area (Å²) >= 11 is 0. The van der Waals surface area contributed by atoms with Crippen LogP contribution in [0.3, 0.4) is 0 Å². The number of nitrogens with zero attached hydrogens (tertiary/aromatic N) is 2. The van der Waals surface area contributed by atoms with Gasteiger partial charge in [0.25, 0.3) is 5.91 Å². The number of benzene rings is 1. The van der Waals surface area contributed by atoms with Crippen molar-refractivity contribution in [2.24, 2.45) is 0 Å². The fourth-order valence-corrected chi connectivity index (χ4v) is 1.78. The summed E-state index contributed by atoms with van der Waals surface area (Å²) in [6.45, 7) is 2.20. The van der Waals surface area contributed by atoms with Gasteiger partial charge in [0.15, 0.2) is 0 Å². The molecule has 2 aromatic rings. The molecule has 0 saturated carbocycles. The van der Waals surface area contributed by atoms with E-state index in [1.165, 1.54) is 0 Å². The highest BCUT2D eigenvalue weighted by Crippen LogP contribution is 2.16. The van der Waals surface area contributed by atoms with E-state index in [-0.39, 0.29) is 17.3 Å². The predicted molar refractivity (Wildman–Crippen MR) is 69.9 cm³/mol. The molecule has 0 aliphatic carbocycles. The number of aromatic nitrogens is 2. The number of hydrogen-bond donors (Lipinski definition) is 2. The molecule has 2 rings (SSSR count). The van der Waals surface area contributed by atoms with Crippen LogP contribution in [0.15, 0.2) is 30.6 Å². The van der Waals surface area contributed by atoms with E-state index in [1.54, 1.807) is 30.1 Å². The predicted octanol–water partition coefficient (Wildman–Crippen LogP) is 1.56. The van der Waals surface area contributed by atoms with E-state index in [0.717, 1.165) is 6.07 Å². The molecular weight excluding hydrogens is 266 g/mol. The second-order valence-electron chi connectivity index (χ2n) is 4.46. The number of nitrogen functional groups attached to an aromatic ring is 1. The second kappa shape index (κ2) is 5.68. The van der Waals surface area contributed by atoms with Crippen LogP contribution in [-0.2, 0) is 6.54 Å². The van der Waals surface area contributed by atoms with Gasteiger partial charge in [-0.3, -0.25) is 9.48 Å². The Bertz CT molecular complexity index is 613. The Labute approximate surface area is 114 Å². The van der Waals surface area contributed by atoms with Gasteiger partial charge >= 0.3 is 0 Å². The van der Waals surface area contributed by atoms with Crippen LogP contribution in [0.4, 0.5) is 14.5 Å². The van der Waals surface area contributed by atoms with Crippen molar-refractivity contribution in [3.8, 4) is 0 Å². The van der Waals surface area contributed by atoms with Gasteiger partial charge in [-0.15, -0.1) is 0 Å². The third-order valence-corrected chi connectivity index (χ3v) is 2.73. The first-order valence-corrected chi connectivity index (χ1v) is 6.00. The van der Waals surface area contributed by atoms with Crippen LogP contribution in [-0.4, -0.2) is 21.7 Å². The molecule has 0 aliphatic heterocycles. The summed E-state index contributed by atoms with van der Waals surface area (Å²) in [5.41, 5.74) is 4.78. The lowest BCUT2D eigenvalue weighted by Gasteiger charge is -2.14. The highest BCUT2D eigenvalue weighted by Gasteiger charge is 2.17. The zero-order valence-corrected chi connectivity index (χ0v) is 10.8. The van der Waals surface area contributed by atoms with E-state index in [0.29, 0.717) is 12.6 Å². The monoisotopic (exact) mass is 280 g/mol.